The van der Waals surface area contributed by atoms with Crippen LogP contribution in [-0.2, 0) is 11.3 Å². The smallest absolute Gasteiger partial charge is 0.293 e. The lowest BCUT2D eigenvalue weighted by atomic mass is 10.1. The number of hydrogen-bond acceptors (Lipinski definition) is 7. The zero-order valence-electron chi connectivity index (χ0n) is 17.8. The highest BCUT2D eigenvalue weighted by molar-refractivity contribution is 5.95. The Bertz CT molecular complexity index is 916. The predicted octanol–water partition coefficient (Wildman–Crippen LogP) is -1.10. The lowest BCUT2D eigenvalue weighted by molar-refractivity contribution is -0.384. The van der Waals surface area contributed by atoms with Crippen molar-refractivity contribution in [1.82, 2.24) is 15.3 Å². The average molecular weight is 461 g/mol. The standard InChI is InChI=1S/C22H27N5O4.ClH/c28-22(23-26-10-8-24(9-11-26)17-18-4-2-1-3-5-18)19-6-7-20(21(16-19)27(29)30)25-12-14-31-15-13-25;/h1-7,16H,8-15,17H2,(H,23,28);1H/p-1. The molecule has 9 nitrogen and oxygen atoms in total. The SMILES string of the molecule is O=C(NN1CCN(Cc2ccccc2)CC1)c1ccc(N2CCOCC2)c([N+](=O)[O-])c1.[Cl-]. The van der Waals surface area contributed by atoms with Gasteiger partial charge in [-0.1, -0.05) is 30.3 Å². The molecule has 0 atom stereocenters. The van der Waals surface area contributed by atoms with Crippen molar-refractivity contribution in [2.45, 2.75) is 6.54 Å². The van der Waals surface area contributed by atoms with E-state index in [-0.39, 0.29) is 29.6 Å². The molecule has 2 aliphatic heterocycles. The first kappa shape index (κ1) is 23.9. The Labute approximate surface area is 193 Å². The number of piperazine rings is 1. The molecule has 0 radical (unpaired) electrons. The minimum Gasteiger partial charge on any atom is -1.00 e. The molecule has 0 unspecified atom stereocenters. The second-order valence-corrected chi connectivity index (χ2v) is 7.75. The molecule has 0 aliphatic carbocycles. The average Bonchev–Trinajstić information content (AvgIpc) is 2.81. The van der Waals surface area contributed by atoms with E-state index < -0.39 is 4.92 Å². The van der Waals surface area contributed by atoms with Gasteiger partial charge in [0.05, 0.1) is 18.1 Å². The Morgan fingerprint density at radius 3 is 2.34 bits per heavy atom. The third-order valence-corrected chi connectivity index (χ3v) is 5.67. The van der Waals surface area contributed by atoms with Gasteiger partial charge in [-0.3, -0.25) is 25.2 Å². The van der Waals surface area contributed by atoms with E-state index in [4.69, 9.17) is 4.74 Å². The number of carbonyl (C=O) groups excluding carboxylic acids is 1. The summed E-state index contributed by atoms with van der Waals surface area (Å²) >= 11 is 0. The van der Waals surface area contributed by atoms with E-state index in [2.05, 4.69) is 22.5 Å². The van der Waals surface area contributed by atoms with Gasteiger partial charge in [0.15, 0.2) is 0 Å². The number of rotatable bonds is 6. The molecule has 1 N–H and O–H groups in total. The summed E-state index contributed by atoms with van der Waals surface area (Å²) in [4.78, 5) is 28.2. The molecule has 2 heterocycles. The highest BCUT2D eigenvalue weighted by atomic mass is 35.5. The van der Waals surface area contributed by atoms with E-state index in [0.717, 1.165) is 19.6 Å². The predicted molar refractivity (Wildman–Crippen MR) is 117 cm³/mol. The van der Waals surface area contributed by atoms with Crippen molar-refractivity contribution >= 4 is 17.3 Å². The van der Waals surface area contributed by atoms with Crippen molar-refractivity contribution in [1.29, 1.82) is 0 Å². The number of benzene rings is 2. The molecule has 2 aromatic carbocycles. The summed E-state index contributed by atoms with van der Waals surface area (Å²) in [6.07, 6.45) is 0. The maximum Gasteiger partial charge on any atom is 0.293 e. The summed E-state index contributed by atoms with van der Waals surface area (Å²) in [7, 11) is 0. The highest BCUT2D eigenvalue weighted by Crippen LogP contribution is 2.30. The highest BCUT2D eigenvalue weighted by Gasteiger charge is 2.24. The van der Waals surface area contributed by atoms with Crippen LogP contribution in [0.3, 0.4) is 0 Å². The van der Waals surface area contributed by atoms with Crippen LogP contribution in [0.1, 0.15) is 15.9 Å². The Morgan fingerprint density at radius 1 is 1.00 bits per heavy atom. The Kier molecular flexibility index (Phi) is 8.40. The van der Waals surface area contributed by atoms with Crippen LogP contribution in [0.2, 0.25) is 0 Å². The molecular weight excluding hydrogens is 434 g/mol. The van der Waals surface area contributed by atoms with Gasteiger partial charge >= 0.3 is 0 Å². The molecule has 0 saturated carbocycles. The Balaban J connectivity index is 0.00000289. The van der Waals surface area contributed by atoms with Gasteiger partial charge < -0.3 is 22.0 Å². The lowest BCUT2D eigenvalue weighted by Gasteiger charge is -2.34. The molecule has 2 aliphatic rings. The number of hydrogen-bond donors (Lipinski definition) is 1. The van der Waals surface area contributed by atoms with Gasteiger partial charge in [0.1, 0.15) is 5.69 Å². The zero-order chi connectivity index (χ0) is 21.6. The number of nitro benzene ring substituents is 1. The first-order valence-electron chi connectivity index (χ1n) is 10.5. The molecule has 0 spiro atoms. The van der Waals surface area contributed by atoms with E-state index in [1.165, 1.54) is 11.6 Å². The molecular formula is C22H27ClN5O4-. The van der Waals surface area contributed by atoms with Crippen LogP contribution >= 0.6 is 0 Å². The number of amides is 1. The van der Waals surface area contributed by atoms with E-state index in [1.807, 2.05) is 28.1 Å². The van der Waals surface area contributed by atoms with Crippen LogP contribution < -0.4 is 22.7 Å². The van der Waals surface area contributed by atoms with Gasteiger partial charge in [-0.25, -0.2) is 5.01 Å². The van der Waals surface area contributed by atoms with Gasteiger partial charge in [-0.05, 0) is 17.7 Å². The molecule has 0 aromatic heterocycles. The Morgan fingerprint density at radius 2 is 1.69 bits per heavy atom. The van der Waals surface area contributed by atoms with Gasteiger partial charge in [-0.2, -0.15) is 0 Å². The van der Waals surface area contributed by atoms with Crippen LogP contribution in [0.25, 0.3) is 0 Å². The van der Waals surface area contributed by atoms with Crippen LogP contribution in [-0.4, -0.2) is 73.2 Å². The first-order valence-corrected chi connectivity index (χ1v) is 10.5. The molecule has 2 saturated heterocycles. The fraction of sp³-hybridized carbons (Fsp3) is 0.409. The number of morpholine rings is 1. The molecule has 32 heavy (non-hydrogen) atoms. The topological polar surface area (TPSA) is 91.2 Å². The maximum absolute atomic E-state index is 12.7. The summed E-state index contributed by atoms with van der Waals surface area (Å²) < 4.78 is 5.32. The second kappa shape index (κ2) is 11.2. The molecule has 10 heteroatoms. The van der Waals surface area contributed by atoms with Crippen molar-refractivity contribution in [2.24, 2.45) is 0 Å². The molecule has 1 amide bonds. The summed E-state index contributed by atoms with van der Waals surface area (Å²) in [5.41, 5.74) is 4.93. The number of anilines is 1. The van der Waals surface area contributed by atoms with Gasteiger partial charge in [0.2, 0.25) is 0 Å². The quantitative estimate of drug-likeness (QED) is 0.432. The van der Waals surface area contributed by atoms with E-state index in [1.54, 1.807) is 12.1 Å². The van der Waals surface area contributed by atoms with Crippen LogP contribution in [0.5, 0.6) is 0 Å². The summed E-state index contributed by atoms with van der Waals surface area (Å²) in [6.45, 7) is 6.23. The minimum absolute atomic E-state index is 0. The van der Waals surface area contributed by atoms with Crippen molar-refractivity contribution in [3.8, 4) is 0 Å². The number of carbonyl (C=O) groups is 1. The zero-order valence-corrected chi connectivity index (χ0v) is 18.5. The number of ether oxygens (including phenoxy) is 1. The summed E-state index contributed by atoms with van der Waals surface area (Å²) in [6, 6.07) is 15.0. The van der Waals surface area contributed by atoms with Crippen molar-refractivity contribution in [3.63, 3.8) is 0 Å². The third kappa shape index (κ3) is 5.95. The third-order valence-electron chi connectivity index (χ3n) is 5.67. The molecule has 0 bridgehead atoms. The lowest BCUT2D eigenvalue weighted by Crippen LogP contribution is -3.00. The van der Waals surface area contributed by atoms with Crippen molar-refractivity contribution in [2.75, 3.05) is 57.4 Å². The summed E-state index contributed by atoms with van der Waals surface area (Å²) in [5.74, 6) is -0.326. The number of nitrogens with zero attached hydrogens (tertiary/aromatic N) is 4. The minimum atomic E-state index is -0.427. The molecule has 2 fully saturated rings. The monoisotopic (exact) mass is 460 g/mol. The number of nitro groups is 1. The Hall–Kier alpha value is -2.72. The van der Waals surface area contributed by atoms with Gasteiger partial charge in [0, 0.05) is 57.4 Å². The largest absolute Gasteiger partial charge is 1.00 e. The number of nitrogens with one attached hydrogen (secondary N) is 1. The maximum atomic E-state index is 12.7. The molecule has 2 aromatic rings. The number of hydrazine groups is 1. The fourth-order valence-corrected chi connectivity index (χ4v) is 3.95. The fourth-order valence-electron chi connectivity index (χ4n) is 3.95. The van der Waals surface area contributed by atoms with E-state index in [9.17, 15) is 14.9 Å². The van der Waals surface area contributed by atoms with Crippen molar-refractivity contribution in [3.05, 3.63) is 69.8 Å². The first-order chi connectivity index (χ1) is 15.1. The molecule has 4 rings (SSSR count). The van der Waals surface area contributed by atoms with Gasteiger partial charge in [-0.15, -0.1) is 0 Å². The number of halogens is 1. The van der Waals surface area contributed by atoms with Crippen molar-refractivity contribution < 1.29 is 26.9 Å². The van der Waals surface area contributed by atoms with Crippen LogP contribution in [0.4, 0.5) is 11.4 Å². The normalized spacial score (nSPS) is 17.4. The van der Waals surface area contributed by atoms with E-state index in [0.29, 0.717) is 45.1 Å². The molecule has 172 valence electrons. The second-order valence-electron chi connectivity index (χ2n) is 7.75. The van der Waals surface area contributed by atoms with Crippen LogP contribution in [0.15, 0.2) is 48.5 Å². The summed E-state index contributed by atoms with van der Waals surface area (Å²) in [5, 5.41) is 13.5. The van der Waals surface area contributed by atoms with E-state index >= 15 is 0 Å². The van der Waals surface area contributed by atoms with Crippen LogP contribution in [0, 0.1) is 10.1 Å². The van der Waals surface area contributed by atoms with Gasteiger partial charge in [0.25, 0.3) is 11.6 Å².